The summed E-state index contributed by atoms with van der Waals surface area (Å²) in [5, 5.41) is 3.09. The number of nitrogens with zero attached hydrogens (tertiary/aromatic N) is 1. The van der Waals surface area contributed by atoms with Gasteiger partial charge in [-0.05, 0) is 72.8 Å². The Balaban J connectivity index is 1.56. The van der Waals surface area contributed by atoms with Crippen LogP contribution < -0.4 is 23.8 Å². The number of sulfonamides is 2. The molecule has 0 fully saturated rings. The van der Waals surface area contributed by atoms with Crippen molar-refractivity contribution in [2.45, 2.75) is 9.79 Å². The minimum atomic E-state index is -4.16. The average Bonchev–Trinajstić information content (AvgIpc) is 2.97. The first-order valence-electron chi connectivity index (χ1n) is 12.0. The monoisotopic (exact) mass is 615 g/mol. The van der Waals surface area contributed by atoms with E-state index in [2.05, 4.69) is 10.0 Å². The number of hydrogen-bond acceptors (Lipinski definition) is 7. The largest absolute Gasteiger partial charge is 0.493 e. The summed E-state index contributed by atoms with van der Waals surface area (Å²) in [6.45, 7) is -0.578. The molecule has 13 heteroatoms. The van der Waals surface area contributed by atoms with Gasteiger partial charge in [-0.1, -0.05) is 29.8 Å². The summed E-state index contributed by atoms with van der Waals surface area (Å²) in [5.74, 6) is 0.00946. The zero-order chi connectivity index (χ0) is 29.6. The van der Waals surface area contributed by atoms with Crippen LogP contribution in [-0.2, 0) is 24.8 Å². The minimum Gasteiger partial charge on any atom is -0.493 e. The minimum absolute atomic E-state index is 0.00895. The first-order valence-corrected chi connectivity index (χ1v) is 15.3. The van der Waals surface area contributed by atoms with E-state index in [9.17, 15) is 21.6 Å². The molecule has 10 nitrogen and oxygen atoms in total. The SMILES string of the molecule is COc1ccc(N(CC(=O)Nc2ccc(S(=O)(=O)Nc3ccc(Cl)cc3)cc2)S(=O)(=O)c2ccccc2)cc1OC. The van der Waals surface area contributed by atoms with Crippen molar-refractivity contribution in [1.29, 1.82) is 0 Å². The predicted molar refractivity (Wildman–Crippen MR) is 158 cm³/mol. The lowest BCUT2D eigenvalue weighted by molar-refractivity contribution is -0.114. The summed E-state index contributed by atoms with van der Waals surface area (Å²) in [6.07, 6.45) is 0. The second-order valence-corrected chi connectivity index (χ2v) is 12.5. The van der Waals surface area contributed by atoms with Crippen molar-refractivity contribution in [2.75, 3.05) is 35.1 Å². The van der Waals surface area contributed by atoms with Gasteiger partial charge in [-0.2, -0.15) is 0 Å². The first-order chi connectivity index (χ1) is 19.5. The number of nitrogens with one attached hydrogen (secondary N) is 2. The van der Waals surface area contributed by atoms with Crippen molar-refractivity contribution in [3.8, 4) is 11.5 Å². The number of benzene rings is 4. The molecule has 0 radical (unpaired) electrons. The lowest BCUT2D eigenvalue weighted by Gasteiger charge is -2.25. The summed E-state index contributed by atoms with van der Waals surface area (Å²) in [5.41, 5.74) is 0.780. The Morgan fingerprint density at radius 2 is 1.37 bits per heavy atom. The Labute approximate surface area is 243 Å². The number of hydrogen-bond donors (Lipinski definition) is 2. The number of carbonyl (C=O) groups excluding carboxylic acids is 1. The molecule has 0 aliphatic heterocycles. The van der Waals surface area contributed by atoms with Gasteiger partial charge in [0.1, 0.15) is 6.54 Å². The van der Waals surface area contributed by atoms with E-state index < -0.39 is 32.5 Å². The molecular formula is C28H26ClN3O7S2. The van der Waals surface area contributed by atoms with Crippen molar-refractivity contribution in [3.05, 3.63) is 102 Å². The van der Waals surface area contributed by atoms with Gasteiger partial charge in [-0.15, -0.1) is 0 Å². The van der Waals surface area contributed by atoms with Crippen molar-refractivity contribution in [2.24, 2.45) is 0 Å². The highest BCUT2D eigenvalue weighted by molar-refractivity contribution is 7.93. The summed E-state index contributed by atoms with van der Waals surface area (Å²) in [7, 11) is -5.20. The molecule has 4 aromatic carbocycles. The van der Waals surface area contributed by atoms with Gasteiger partial charge < -0.3 is 14.8 Å². The molecule has 0 bridgehead atoms. The molecule has 0 spiro atoms. The highest BCUT2D eigenvalue weighted by atomic mass is 35.5. The maximum absolute atomic E-state index is 13.6. The molecule has 0 atom stereocenters. The number of anilines is 3. The predicted octanol–water partition coefficient (Wildman–Crippen LogP) is 4.99. The highest BCUT2D eigenvalue weighted by Crippen LogP contribution is 2.34. The summed E-state index contributed by atoms with van der Waals surface area (Å²) >= 11 is 5.85. The molecule has 4 rings (SSSR count). The van der Waals surface area contributed by atoms with Crippen LogP contribution in [0.3, 0.4) is 0 Å². The Hall–Kier alpha value is -4.26. The molecule has 0 aliphatic rings. The third kappa shape index (κ3) is 7.09. The van der Waals surface area contributed by atoms with Crippen LogP contribution in [0.5, 0.6) is 11.5 Å². The zero-order valence-electron chi connectivity index (χ0n) is 21.9. The molecule has 0 unspecified atom stereocenters. The van der Waals surface area contributed by atoms with E-state index >= 15 is 0 Å². The molecule has 0 heterocycles. The van der Waals surface area contributed by atoms with Gasteiger partial charge in [0.25, 0.3) is 20.0 Å². The van der Waals surface area contributed by atoms with Gasteiger partial charge in [0.2, 0.25) is 5.91 Å². The van der Waals surface area contributed by atoms with Crippen LogP contribution in [0.15, 0.2) is 107 Å². The van der Waals surface area contributed by atoms with E-state index in [1.807, 2.05) is 0 Å². The van der Waals surface area contributed by atoms with E-state index in [1.54, 1.807) is 30.3 Å². The number of carbonyl (C=O) groups is 1. The number of ether oxygens (including phenoxy) is 2. The summed E-state index contributed by atoms with van der Waals surface area (Å²) in [4.78, 5) is 13.0. The molecule has 0 saturated heterocycles. The lowest BCUT2D eigenvalue weighted by Crippen LogP contribution is -2.38. The van der Waals surface area contributed by atoms with Crippen molar-refractivity contribution in [1.82, 2.24) is 0 Å². The van der Waals surface area contributed by atoms with Crippen LogP contribution >= 0.6 is 11.6 Å². The van der Waals surface area contributed by atoms with E-state index in [-0.39, 0.29) is 26.9 Å². The summed E-state index contributed by atoms with van der Waals surface area (Å²) in [6, 6.07) is 23.8. The fourth-order valence-corrected chi connectivity index (χ4v) is 6.41. The third-order valence-electron chi connectivity index (χ3n) is 5.82. The van der Waals surface area contributed by atoms with Gasteiger partial charge in [-0.25, -0.2) is 16.8 Å². The zero-order valence-corrected chi connectivity index (χ0v) is 24.3. The van der Waals surface area contributed by atoms with Gasteiger partial charge in [-0.3, -0.25) is 13.8 Å². The molecule has 41 heavy (non-hydrogen) atoms. The van der Waals surface area contributed by atoms with E-state index in [4.69, 9.17) is 21.1 Å². The standard InChI is InChI=1S/C28H26ClN3O7S2/c1-38-26-17-14-23(18-27(26)39-2)32(41(36,37)25-6-4-3-5-7-25)19-28(33)30-21-12-15-24(16-13-21)40(34,35)31-22-10-8-20(29)9-11-22/h3-18,31H,19H2,1-2H3,(H,30,33). The fraction of sp³-hybridized carbons (Fsp3) is 0.107. The van der Waals surface area contributed by atoms with Crippen LogP contribution in [0.1, 0.15) is 0 Å². The number of amides is 1. The molecule has 4 aromatic rings. The lowest BCUT2D eigenvalue weighted by atomic mass is 10.2. The molecule has 0 aliphatic carbocycles. The Bertz CT molecular complexity index is 1730. The van der Waals surface area contributed by atoms with E-state index in [0.29, 0.717) is 16.5 Å². The number of methoxy groups -OCH3 is 2. The van der Waals surface area contributed by atoms with Gasteiger partial charge >= 0.3 is 0 Å². The molecule has 2 N–H and O–H groups in total. The third-order valence-corrected chi connectivity index (χ3v) is 9.26. The Kier molecular flexibility index (Phi) is 9.06. The second kappa shape index (κ2) is 12.5. The molecular weight excluding hydrogens is 590 g/mol. The average molecular weight is 616 g/mol. The maximum Gasteiger partial charge on any atom is 0.264 e. The molecule has 0 aromatic heterocycles. The molecule has 0 saturated carbocycles. The van der Waals surface area contributed by atoms with E-state index in [1.165, 1.54) is 80.9 Å². The number of halogens is 1. The summed E-state index contributed by atoms with van der Waals surface area (Å²) < 4.78 is 66.6. The normalized spacial score (nSPS) is 11.4. The first kappa shape index (κ1) is 29.7. The Morgan fingerprint density at radius 3 is 1.98 bits per heavy atom. The van der Waals surface area contributed by atoms with Crippen LogP contribution in [0.4, 0.5) is 17.1 Å². The second-order valence-electron chi connectivity index (χ2n) is 8.55. The van der Waals surface area contributed by atoms with Crippen molar-refractivity contribution < 1.29 is 31.1 Å². The van der Waals surface area contributed by atoms with Gasteiger partial charge in [0, 0.05) is 22.5 Å². The molecule has 214 valence electrons. The smallest absolute Gasteiger partial charge is 0.264 e. The molecule has 1 amide bonds. The number of rotatable bonds is 11. The van der Waals surface area contributed by atoms with Crippen molar-refractivity contribution >= 4 is 54.6 Å². The fourth-order valence-electron chi connectivity index (χ4n) is 3.80. The van der Waals surface area contributed by atoms with Gasteiger partial charge in [0.05, 0.1) is 29.7 Å². The topological polar surface area (TPSA) is 131 Å². The quantitative estimate of drug-likeness (QED) is 0.243. The van der Waals surface area contributed by atoms with Crippen LogP contribution in [0.2, 0.25) is 5.02 Å². The van der Waals surface area contributed by atoms with Crippen molar-refractivity contribution in [3.63, 3.8) is 0 Å². The highest BCUT2D eigenvalue weighted by Gasteiger charge is 2.28. The maximum atomic E-state index is 13.6. The van der Waals surface area contributed by atoms with Crippen LogP contribution in [0, 0.1) is 0 Å². The van der Waals surface area contributed by atoms with Crippen LogP contribution in [-0.4, -0.2) is 43.5 Å². The van der Waals surface area contributed by atoms with Gasteiger partial charge in [0.15, 0.2) is 11.5 Å². The van der Waals surface area contributed by atoms with Crippen LogP contribution in [0.25, 0.3) is 0 Å². The van der Waals surface area contributed by atoms with E-state index in [0.717, 1.165) is 4.31 Å². The Morgan fingerprint density at radius 1 is 0.756 bits per heavy atom.